The number of benzene rings is 1. The van der Waals surface area contributed by atoms with Gasteiger partial charge in [-0.3, -0.25) is 0 Å². The number of nitrogens with zero attached hydrogens (tertiary/aromatic N) is 5. The summed E-state index contributed by atoms with van der Waals surface area (Å²) in [5, 5.41) is 21.8. The first-order valence-corrected chi connectivity index (χ1v) is 9.17. The highest BCUT2D eigenvalue weighted by atomic mass is 19.1. The standard InChI is InChI=1S/C20H21FN6O/c1-22-14-2-5-17(21)13(8-14)9-20-24-11-18(25-26-20)16-4-3-15(10-19(16)28)27-7-6-23-12-27/h3-4,6-7,9-12,14,17,22,28H,2,5,8H2,1H3/b13-9-. The lowest BCUT2D eigenvalue weighted by atomic mass is 9.89. The van der Waals surface area contributed by atoms with Crippen molar-refractivity contribution in [1.82, 2.24) is 30.0 Å². The molecule has 7 nitrogen and oxygen atoms in total. The van der Waals surface area contributed by atoms with Gasteiger partial charge in [0.15, 0.2) is 5.82 Å². The Morgan fingerprint density at radius 2 is 2.18 bits per heavy atom. The zero-order valence-corrected chi connectivity index (χ0v) is 15.5. The third-order valence-corrected chi connectivity index (χ3v) is 5.01. The first-order valence-electron chi connectivity index (χ1n) is 9.17. The average molecular weight is 380 g/mol. The Morgan fingerprint density at radius 1 is 1.29 bits per heavy atom. The molecule has 0 amide bonds. The minimum absolute atomic E-state index is 0.0707. The molecule has 2 unspecified atom stereocenters. The second kappa shape index (κ2) is 7.85. The molecule has 0 radical (unpaired) electrons. The van der Waals surface area contributed by atoms with Crippen LogP contribution in [0.25, 0.3) is 23.0 Å². The van der Waals surface area contributed by atoms with E-state index in [2.05, 4.69) is 25.5 Å². The number of halogens is 1. The molecular formula is C20H21FN6O. The number of aromatic nitrogens is 5. The number of imidazole rings is 1. The highest BCUT2D eigenvalue weighted by molar-refractivity contribution is 5.68. The molecule has 144 valence electrons. The topological polar surface area (TPSA) is 88.8 Å². The molecule has 0 saturated heterocycles. The number of phenols is 1. The fourth-order valence-electron chi connectivity index (χ4n) is 3.39. The Bertz CT molecular complexity index is 971. The van der Waals surface area contributed by atoms with Crippen molar-refractivity contribution >= 4 is 6.08 Å². The molecule has 2 heterocycles. The summed E-state index contributed by atoms with van der Waals surface area (Å²) in [6.07, 6.45) is 9.32. The molecule has 1 fully saturated rings. The molecule has 0 aliphatic heterocycles. The van der Waals surface area contributed by atoms with Crippen LogP contribution < -0.4 is 5.32 Å². The number of phenolic OH excluding ortho intramolecular Hbond substituents is 1. The molecule has 1 aliphatic carbocycles. The van der Waals surface area contributed by atoms with Crippen molar-refractivity contribution in [3.05, 3.63) is 54.5 Å². The highest BCUT2D eigenvalue weighted by Gasteiger charge is 2.24. The fraction of sp³-hybridized carbons (Fsp3) is 0.300. The van der Waals surface area contributed by atoms with Crippen LogP contribution in [0.1, 0.15) is 25.1 Å². The maximum Gasteiger partial charge on any atom is 0.174 e. The molecule has 2 atom stereocenters. The Balaban J connectivity index is 1.56. The summed E-state index contributed by atoms with van der Waals surface area (Å²) in [5.41, 5.74) is 2.45. The molecule has 1 saturated carbocycles. The first kappa shape index (κ1) is 18.2. The maximum absolute atomic E-state index is 14.2. The second-order valence-electron chi connectivity index (χ2n) is 6.83. The third-order valence-electron chi connectivity index (χ3n) is 5.01. The Labute approximate surface area is 162 Å². The van der Waals surface area contributed by atoms with E-state index in [-0.39, 0.29) is 11.8 Å². The van der Waals surface area contributed by atoms with E-state index < -0.39 is 6.17 Å². The SMILES string of the molecule is CNC1CCC(F)/C(=C\c2ncc(-c3ccc(-n4ccnc4)cc3O)nn2)C1. The predicted octanol–water partition coefficient (Wildman–Crippen LogP) is 2.92. The van der Waals surface area contributed by atoms with Gasteiger partial charge in [-0.05, 0) is 50.1 Å². The lowest BCUT2D eigenvalue weighted by molar-refractivity contribution is 0.290. The summed E-state index contributed by atoms with van der Waals surface area (Å²) in [7, 11) is 1.89. The molecular weight excluding hydrogens is 359 g/mol. The first-order chi connectivity index (χ1) is 13.6. The van der Waals surface area contributed by atoms with Crippen LogP contribution in [0.4, 0.5) is 4.39 Å². The molecule has 1 aliphatic rings. The molecule has 28 heavy (non-hydrogen) atoms. The van der Waals surface area contributed by atoms with Gasteiger partial charge in [-0.1, -0.05) is 0 Å². The van der Waals surface area contributed by atoms with Gasteiger partial charge in [0.25, 0.3) is 0 Å². The highest BCUT2D eigenvalue weighted by Crippen LogP contribution is 2.30. The minimum atomic E-state index is -0.965. The van der Waals surface area contributed by atoms with Crippen molar-refractivity contribution < 1.29 is 9.50 Å². The van der Waals surface area contributed by atoms with Crippen LogP contribution in [-0.4, -0.2) is 49.1 Å². The molecule has 4 rings (SSSR count). The van der Waals surface area contributed by atoms with Crippen molar-refractivity contribution in [3.63, 3.8) is 0 Å². The van der Waals surface area contributed by atoms with Gasteiger partial charge in [-0.2, -0.15) is 0 Å². The van der Waals surface area contributed by atoms with Crippen molar-refractivity contribution in [2.45, 2.75) is 31.5 Å². The maximum atomic E-state index is 14.2. The normalized spacial score (nSPS) is 21.1. The van der Waals surface area contributed by atoms with Crippen molar-refractivity contribution in [2.24, 2.45) is 0 Å². The van der Waals surface area contributed by atoms with Crippen molar-refractivity contribution in [1.29, 1.82) is 0 Å². The summed E-state index contributed by atoms with van der Waals surface area (Å²) in [4.78, 5) is 8.28. The lowest BCUT2D eigenvalue weighted by Crippen LogP contribution is -2.32. The van der Waals surface area contributed by atoms with E-state index >= 15 is 0 Å². The quantitative estimate of drug-likeness (QED) is 0.724. The zero-order valence-electron chi connectivity index (χ0n) is 15.5. The second-order valence-corrected chi connectivity index (χ2v) is 6.83. The van der Waals surface area contributed by atoms with Crippen LogP contribution in [0.15, 0.2) is 48.7 Å². The molecule has 3 aromatic rings. The number of hydrogen-bond acceptors (Lipinski definition) is 6. The molecule has 1 aromatic carbocycles. The molecule has 0 bridgehead atoms. The summed E-state index contributed by atoms with van der Waals surface area (Å²) in [6, 6.07) is 5.51. The average Bonchev–Trinajstić information content (AvgIpc) is 3.25. The monoisotopic (exact) mass is 380 g/mol. The van der Waals surface area contributed by atoms with Crippen LogP contribution in [-0.2, 0) is 0 Å². The van der Waals surface area contributed by atoms with Gasteiger partial charge in [0, 0.05) is 30.1 Å². The van der Waals surface area contributed by atoms with Gasteiger partial charge in [-0.15, -0.1) is 10.2 Å². The van der Waals surface area contributed by atoms with Crippen LogP contribution in [0.2, 0.25) is 0 Å². The lowest BCUT2D eigenvalue weighted by Gasteiger charge is -2.26. The fourth-order valence-corrected chi connectivity index (χ4v) is 3.39. The number of rotatable bonds is 4. The van der Waals surface area contributed by atoms with E-state index in [9.17, 15) is 9.50 Å². The molecule has 2 aromatic heterocycles. The van der Waals surface area contributed by atoms with Crippen LogP contribution in [0, 0.1) is 0 Å². The Kier molecular flexibility index (Phi) is 5.12. The number of hydrogen-bond donors (Lipinski definition) is 2. The number of alkyl halides is 1. The van der Waals surface area contributed by atoms with Crippen molar-refractivity contribution in [2.75, 3.05) is 7.05 Å². The van der Waals surface area contributed by atoms with Crippen LogP contribution >= 0.6 is 0 Å². The number of aromatic hydroxyl groups is 1. The van der Waals surface area contributed by atoms with E-state index in [4.69, 9.17) is 0 Å². The Hall–Kier alpha value is -3.13. The summed E-state index contributed by atoms with van der Waals surface area (Å²) >= 11 is 0. The van der Waals surface area contributed by atoms with Gasteiger partial charge in [0.2, 0.25) is 0 Å². The van der Waals surface area contributed by atoms with Crippen LogP contribution in [0.3, 0.4) is 0 Å². The van der Waals surface area contributed by atoms with Gasteiger partial charge < -0.3 is 15.0 Å². The molecule has 0 spiro atoms. The van der Waals surface area contributed by atoms with Gasteiger partial charge >= 0.3 is 0 Å². The van der Waals surface area contributed by atoms with E-state index in [1.807, 2.05) is 13.1 Å². The van der Waals surface area contributed by atoms with Gasteiger partial charge in [-0.25, -0.2) is 14.4 Å². The summed E-state index contributed by atoms with van der Waals surface area (Å²) in [5.74, 6) is 0.439. The molecule has 2 N–H and O–H groups in total. The summed E-state index contributed by atoms with van der Waals surface area (Å²) < 4.78 is 16.0. The zero-order chi connectivity index (χ0) is 19.5. The number of nitrogens with one attached hydrogen (secondary N) is 1. The van der Waals surface area contributed by atoms with E-state index in [1.165, 1.54) is 6.20 Å². The smallest absolute Gasteiger partial charge is 0.174 e. The van der Waals surface area contributed by atoms with E-state index in [0.29, 0.717) is 35.5 Å². The minimum Gasteiger partial charge on any atom is -0.507 e. The van der Waals surface area contributed by atoms with Gasteiger partial charge in [0.05, 0.1) is 18.2 Å². The summed E-state index contributed by atoms with van der Waals surface area (Å²) in [6.45, 7) is 0. The van der Waals surface area contributed by atoms with E-state index in [0.717, 1.165) is 12.1 Å². The van der Waals surface area contributed by atoms with Crippen LogP contribution in [0.5, 0.6) is 5.75 Å². The predicted molar refractivity (Wildman–Crippen MR) is 104 cm³/mol. The largest absolute Gasteiger partial charge is 0.507 e. The third kappa shape index (κ3) is 3.77. The molecule has 8 heteroatoms. The van der Waals surface area contributed by atoms with Gasteiger partial charge in [0.1, 0.15) is 17.6 Å². The Morgan fingerprint density at radius 3 is 2.86 bits per heavy atom. The van der Waals surface area contributed by atoms with E-state index in [1.54, 1.807) is 41.5 Å². The van der Waals surface area contributed by atoms with Crippen molar-refractivity contribution in [3.8, 4) is 22.7 Å².